The molecule has 0 amide bonds. The molecule has 0 aliphatic heterocycles. The SMILES string of the molecule is CN(C)CCOCc1ccc(-c2ccc(-c3ccc(Br)cc3)n2-c2ccccc2C(F)(F)F)cc1.Cl. The lowest BCUT2D eigenvalue weighted by Crippen LogP contribution is -2.17. The van der Waals surface area contributed by atoms with E-state index in [1.54, 1.807) is 10.6 Å². The van der Waals surface area contributed by atoms with E-state index in [1.165, 1.54) is 12.1 Å². The van der Waals surface area contributed by atoms with Gasteiger partial charge in [-0.1, -0.05) is 64.5 Å². The van der Waals surface area contributed by atoms with Gasteiger partial charge in [0.15, 0.2) is 0 Å². The van der Waals surface area contributed by atoms with Gasteiger partial charge < -0.3 is 14.2 Å². The smallest absolute Gasteiger partial charge is 0.375 e. The normalized spacial score (nSPS) is 11.5. The molecular weight excluding hydrogens is 553 g/mol. The lowest BCUT2D eigenvalue weighted by molar-refractivity contribution is -0.137. The van der Waals surface area contributed by atoms with Crippen molar-refractivity contribution >= 4 is 28.3 Å². The number of para-hydroxylation sites is 1. The summed E-state index contributed by atoms with van der Waals surface area (Å²) in [5, 5.41) is 0. The van der Waals surface area contributed by atoms with E-state index >= 15 is 0 Å². The van der Waals surface area contributed by atoms with Gasteiger partial charge in [0.25, 0.3) is 0 Å². The molecule has 0 spiro atoms. The molecule has 0 saturated heterocycles. The number of ether oxygens (including phenoxy) is 1. The number of aromatic nitrogens is 1. The van der Waals surface area contributed by atoms with Crippen molar-refractivity contribution in [3.8, 4) is 28.2 Å². The summed E-state index contributed by atoms with van der Waals surface area (Å²) in [6.45, 7) is 1.95. The first kappa shape index (κ1) is 28.0. The van der Waals surface area contributed by atoms with Crippen LogP contribution in [-0.2, 0) is 17.5 Å². The van der Waals surface area contributed by atoms with Crippen LogP contribution in [0.1, 0.15) is 11.1 Å². The minimum atomic E-state index is -4.48. The molecule has 0 atom stereocenters. The first-order valence-electron chi connectivity index (χ1n) is 11.2. The molecule has 0 aliphatic rings. The largest absolute Gasteiger partial charge is 0.418 e. The first-order chi connectivity index (χ1) is 16.7. The Morgan fingerprint density at radius 1 is 0.806 bits per heavy atom. The lowest BCUT2D eigenvalue weighted by atomic mass is 10.1. The monoisotopic (exact) mass is 578 g/mol. The van der Waals surface area contributed by atoms with E-state index in [0.717, 1.165) is 33.8 Å². The topological polar surface area (TPSA) is 17.4 Å². The van der Waals surface area contributed by atoms with Crippen molar-refractivity contribution in [3.05, 3.63) is 101 Å². The summed E-state index contributed by atoms with van der Waals surface area (Å²) in [6.07, 6.45) is -4.48. The molecule has 1 aromatic heterocycles. The van der Waals surface area contributed by atoms with E-state index in [1.807, 2.05) is 74.8 Å². The summed E-state index contributed by atoms with van der Waals surface area (Å²) in [5.74, 6) is 0. The summed E-state index contributed by atoms with van der Waals surface area (Å²) in [5.41, 5.74) is 3.43. The van der Waals surface area contributed by atoms with Gasteiger partial charge in [-0.05, 0) is 67.2 Å². The van der Waals surface area contributed by atoms with Crippen LogP contribution in [0.5, 0.6) is 0 Å². The van der Waals surface area contributed by atoms with E-state index in [4.69, 9.17) is 4.74 Å². The van der Waals surface area contributed by atoms with Crippen molar-refractivity contribution in [1.29, 1.82) is 0 Å². The second-order valence-corrected chi connectivity index (χ2v) is 9.43. The van der Waals surface area contributed by atoms with E-state index < -0.39 is 11.7 Å². The third-order valence-corrected chi connectivity index (χ3v) is 6.20. The van der Waals surface area contributed by atoms with Gasteiger partial charge in [-0.2, -0.15) is 13.2 Å². The summed E-state index contributed by atoms with van der Waals surface area (Å²) >= 11 is 3.43. The van der Waals surface area contributed by atoms with Gasteiger partial charge in [-0.25, -0.2) is 0 Å². The van der Waals surface area contributed by atoms with Crippen LogP contribution in [0.4, 0.5) is 13.2 Å². The highest BCUT2D eigenvalue weighted by Crippen LogP contribution is 2.39. The van der Waals surface area contributed by atoms with Gasteiger partial charge in [0, 0.05) is 11.0 Å². The van der Waals surface area contributed by atoms with Crippen LogP contribution in [0.15, 0.2) is 89.4 Å². The van der Waals surface area contributed by atoms with Crippen molar-refractivity contribution in [1.82, 2.24) is 9.47 Å². The first-order valence-corrected chi connectivity index (χ1v) is 12.0. The maximum Gasteiger partial charge on any atom is 0.418 e. The molecule has 0 N–H and O–H groups in total. The quantitative estimate of drug-likeness (QED) is 0.196. The Balaban J connectivity index is 0.00000361. The molecule has 0 unspecified atom stereocenters. The molecule has 36 heavy (non-hydrogen) atoms. The minimum absolute atomic E-state index is 0. The van der Waals surface area contributed by atoms with E-state index in [-0.39, 0.29) is 18.1 Å². The fourth-order valence-corrected chi connectivity index (χ4v) is 4.15. The van der Waals surface area contributed by atoms with E-state index in [9.17, 15) is 13.2 Å². The van der Waals surface area contributed by atoms with Gasteiger partial charge in [-0.15, -0.1) is 12.4 Å². The highest BCUT2D eigenvalue weighted by molar-refractivity contribution is 9.10. The number of benzene rings is 3. The van der Waals surface area contributed by atoms with Crippen molar-refractivity contribution < 1.29 is 17.9 Å². The van der Waals surface area contributed by atoms with Crippen LogP contribution in [-0.4, -0.2) is 36.7 Å². The average Bonchev–Trinajstić information content (AvgIpc) is 3.27. The van der Waals surface area contributed by atoms with Gasteiger partial charge in [-0.3, -0.25) is 0 Å². The highest BCUT2D eigenvalue weighted by atomic mass is 79.9. The molecule has 0 saturated carbocycles. The predicted octanol–water partition coefficient (Wildman–Crippen LogP) is 8.09. The van der Waals surface area contributed by atoms with Crippen molar-refractivity contribution in [2.45, 2.75) is 12.8 Å². The summed E-state index contributed by atoms with van der Waals surface area (Å²) in [4.78, 5) is 2.05. The number of halogens is 5. The standard InChI is InChI=1S/C28H26BrF3N2O.ClH/c1-33(2)17-18-35-19-20-7-9-21(10-8-20)25-15-16-26(22-11-13-23(29)14-12-22)34(25)27-6-4-3-5-24(27)28(30,31)32;/h3-16H,17-19H2,1-2H3;1H. The lowest BCUT2D eigenvalue weighted by Gasteiger charge is -2.19. The molecule has 1 heterocycles. The number of hydrogen-bond acceptors (Lipinski definition) is 2. The van der Waals surface area contributed by atoms with Crippen molar-refractivity contribution in [2.75, 3.05) is 27.2 Å². The van der Waals surface area contributed by atoms with Crippen LogP contribution in [0.3, 0.4) is 0 Å². The Morgan fingerprint density at radius 3 is 1.92 bits per heavy atom. The number of likely N-dealkylation sites (N-methyl/N-ethyl adjacent to an activating group) is 1. The van der Waals surface area contributed by atoms with Crippen molar-refractivity contribution in [3.63, 3.8) is 0 Å². The maximum atomic E-state index is 14.0. The minimum Gasteiger partial charge on any atom is -0.375 e. The molecule has 190 valence electrons. The fourth-order valence-electron chi connectivity index (χ4n) is 3.88. The fraction of sp³-hybridized carbons (Fsp3) is 0.214. The van der Waals surface area contributed by atoms with Crippen LogP contribution in [0.25, 0.3) is 28.2 Å². The summed E-state index contributed by atoms with van der Waals surface area (Å²) in [6, 6.07) is 24.7. The molecular formula is C28H27BrClF3N2O. The molecule has 0 fully saturated rings. The molecule has 0 radical (unpaired) electrons. The zero-order chi connectivity index (χ0) is 25.0. The Hall–Kier alpha value is -2.58. The second kappa shape index (κ2) is 12.1. The van der Waals surface area contributed by atoms with Crippen LogP contribution < -0.4 is 0 Å². The molecule has 3 aromatic carbocycles. The number of rotatable bonds is 8. The van der Waals surface area contributed by atoms with Gasteiger partial charge >= 0.3 is 6.18 Å². The van der Waals surface area contributed by atoms with Crippen LogP contribution >= 0.6 is 28.3 Å². The van der Waals surface area contributed by atoms with E-state index in [2.05, 4.69) is 20.8 Å². The zero-order valence-corrected chi connectivity index (χ0v) is 22.3. The third-order valence-electron chi connectivity index (χ3n) is 5.67. The Kier molecular flexibility index (Phi) is 9.41. The zero-order valence-electron chi connectivity index (χ0n) is 19.9. The Bertz CT molecular complexity index is 1270. The van der Waals surface area contributed by atoms with Gasteiger partial charge in [0.05, 0.1) is 35.9 Å². The highest BCUT2D eigenvalue weighted by Gasteiger charge is 2.34. The second-order valence-electron chi connectivity index (χ2n) is 8.51. The van der Waals surface area contributed by atoms with Gasteiger partial charge in [0.1, 0.15) is 0 Å². The molecule has 0 aliphatic carbocycles. The van der Waals surface area contributed by atoms with Crippen LogP contribution in [0, 0.1) is 0 Å². The average molecular weight is 580 g/mol. The molecule has 0 bridgehead atoms. The Labute approximate surface area is 224 Å². The van der Waals surface area contributed by atoms with Gasteiger partial charge in [0.2, 0.25) is 0 Å². The molecule has 8 heteroatoms. The summed E-state index contributed by atoms with van der Waals surface area (Å²) in [7, 11) is 3.99. The number of nitrogens with zero attached hydrogens (tertiary/aromatic N) is 2. The summed E-state index contributed by atoms with van der Waals surface area (Å²) < 4.78 is 50.2. The molecule has 3 nitrogen and oxygen atoms in total. The van der Waals surface area contributed by atoms with Crippen molar-refractivity contribution in [2.24, 2.45) is 0 Å². The molecule has 4 aromatic rings. The Morgan fingerprint density at radius 2 is 1.36 bits per heavy atom. The maximum absolute atomic E-state index is 14.0. The van der Waals surface area contributed by atoms with Crippen LogP contribution in [0.2, 0.25) is 0 Å². The predicted molar refractivity (Wildman–Crippen MR) is 145 cm³/mol. The van der Waals surface area contributed by atoms with E-state index in [0.29, 0.717) is 24.6 Å². The number of alkyl halides is 3. The number of hydrogen-bond donors (Lipinski definition) is 0. The third kappa shape index (κ3) is 6.59. The molecule has 4 rings (SSSR count).